The number of hydrogen-bond donors (Lipinski definition) is 2. The zero-order valence-electron chi connectivity index (χ0n) is 19.9. The fraction of sp³-hybridized carbons (Fsp3) is 0.345. The number of aryl methyl sites for hydroxylation is 2. The first-order chi connectivity index (χ1) is 16.5. The Bertz CT molecular complexity index is 1350. The summed E-state index contributed by atoms with van der Waals surface area (Å²) in [6, 6.07) is 18.5. The molecule has 6 rings (SSSR count). The number of pyridine rings is 1. The Kier molecular flexibility index (Phi) is 5.37. The molecule has 2 aromatic heterocycles. The van der Waals surface area contributed by atoms with Crippen molar-refractivity contribution in [2.75, 3.05) is 11.4 Å². The molecule has 34 heavy (non-hydrogen) atoms. The zero-order chi connectivity index (χ0) is 23.2. The molecule has 1 saturated carbocycles. The van der Waals surface area contributed by atoms with Crippen LogP contribution in [-0.4, -0.2) is 22.6 Å². The maximum absolute atomic E-state index is 13.9. The molecule has 4 aromatic rings. The van der Waals surface area contributed by atoms with Crippen LogP contribution < -0.4 is 10.2 Å². The van der Waals surface area contributed by atoms with E-state index >= 15 is 0 Å². The number of aromatic nitrogens is 2. The number of H-pyrrole nitrogens is 1. The summed E-state index contributed by atoms with van der Waals surface area (Å²) in [5.74, 6) is 0.843. The van der Waals surface area contributed by atoms with Crippen LogP contribution in [0.1, 0.15) is 52.5 Å². The monoisotopic (exact) mass is 454 g/mol. The van der Waals surface area contributed by atoms with Gasteiger partial charge < -0.3 is 15.2 Å². The second-order valence-electron chi connectivity index (χ2n) is 9.94. The van der Waals surface area contributed by atoms with Crippen molar-refractivity contribution >= 4 is 16.7 Å². The van der Waals surface area contributed by atoms with Gasteiger partial charge in [0.1, 0.15) is 5.82 Å². The lowest BCUT2D eigenvalue weighted by Gasteiger charge is -2.31. The van der Waals surface area contributed by atoms with Crippen LogP contribution in [0, 0.1) is 19.7 Å². The second-order valence-corrected chi connectivity index (χ2v) is 9.94. The fourth-order valence-corrected chi connectivity index (χ4v) is 5.22. The summed E-state index contributed by atoms with van der Waals surface area (Å²) in [6.07, 6.45) is 4.13. The smallest absolute Gasteiger partial charge is 0.153 e. The number of hydrogen-bond acceptors (Lipinski definition) is 3. The average Bonchev–Trinajstić information content (AvgIpc) is 3.62. The molecule has 2 N–H and O–H groups in total. The predicted molar refractivity (Wildman–Crippen MR) is 136 cm³/mol. The van der Waals surface area contributed by atoms with Crippen LogP contribution >= 0.6 is 0 Å². The highest BCUT2D eigenvalue weighted by molar-refractivity contribution is 5.93. The third-order valence-electron chi connectivity index (χ3n) is 7.43. The van der Waals surface area contributed by atoms with Crippen LogP contribution in [0.4, 0.5) is 10.2 Å². The molecular weight excluding hydrogens is 423 g/mol. The van der Waals surface area contributed by atoms with Crippen molar-refractivity contribution in [3.8, 4) is 0 Å². The molecule has 1 aliphatic heterocycles. The van der Waals surface area contributed by atoms with Gasteiger partial charge in [-0.05, 0) is 80.0 Å². The lowest BCUT2D eigenvalue weighted by Crippen LogP contribution is -2.32. The lowest BCUT2D eigenvalue weighted by atomic mass is 9.99. The first kappa shape index (κ1) is 21.4. The summed E-state index contributed by atoms with van der Waals surface area (Å²) in [5.41, 5.74) is 8.42. The third kappa shape index (κ3) is 4.09. The Hall–Kier alpha value is -3.18. The molecule has 174 valence electrons. The number of nitrogens with zero attached hydrogens (tertiary/aromatic N) is 2. The van der Waals surface area contributed by atoms with Crippen molar-refractivity contribution in [1.29, 1.82) is 0 Å². The Morgan fingerprint density at radius 3 is 2.71 bits per heavy atom. The SMILES string of the molecule is Cc1[nH]c2c(N3CCc4ccccc4C3)nc(C(Cc3cccc(F)c3)NC3CC3)cc2c1C. The van der Waals surface area contributed by atoms with E-state index in [-0.39, 0.29) is 11.9 Å². The number of benzene rings is 2. The van der Waals surface area contributed by atoms with Gasteiger partial charge >= 0.3 is 0 Å². The molecule has 0 amide bonds. The molecule has 2 aromatic carbocycles. The zero-order valence-corrected chi connectivity index (χ0v) is 19.9. The van der Waals surface area contributed by atoms with Crippen LogP contribution in [0.3, 0.4) is 0 Å². The highest BCUT2D eigenvalue weighted by Gasteiger charge is 2.28. The molecule has 5 heteroatoms. The van der Waals surface area contributed by atoms with E-state index in [1.54, 1.807) is 12.1 Å². The highest BCUT2D eigenvalue weighted by atomic mass is 19.1. The van der Waals surface area contributed by atoms with E-state index in [4.69, 9.17) is 4.98 Å². The largest absolute Gasteiger partial charge is 0.355 e. The molecule has 1 fully saturated rings. The van der Waals surface area contributed by atoms with Gasteiger partial charge in [-0.3, -0.25) is 0 Å². The van der Waals surface area contributed by atoms with E-state index in [1.165, 1.54) is 46.7 Å². The first-order valence-electron chi connectivity index (χ1n) is 12.4. The number of aromatic amines is 1. The molecule has 0 bridgehead atoms. The molecule has 0 spiro atoms. The van der Waals surface area contributed by atoms with Gasteiger partial charge in [-0.25, -0.2) is 9.37 Å². The Balaban J connectivity index is 1.43. The van der Waals surface area contributed by atoms with Crippen LogP contribution in [0.25, 0.3) is 10.9 Å². The maximum Gasteiger partial charge on any atom is 0.153 e. The Morgan fingerprint density at radius 2 is 1.91 bits per heavy atom. The van der Waals surface area contributed by atoms with E-state index in [0.29, 0.717) is 6.04 Å². The molecule has 2 aliphatic rings. The number of rotatable bonds is 6. The standard InChI is InChI=1S/C29H31FN4/c1-18-19(2)31-28-25(18)16-27(26(32-24-10-11-24)15-20-6-5-9-23(30)14-20)33-29(28)34-13-12-21-7-3-4-8-22(21)17-34/h3-9,14,16,24,26,31-32H,10-13,15,17H2,1-2H3. The quantitative estimate of drug-likeness (QED) is 0.380. The topological polar surface area (TPSA) is 44.0 Å². The molecule has 3 heterocycles. The number of fused-ring (bicyclic) bond motifs is 2. The minimum atomic E-state index is -0.184. The van der Waals surface area contributed by atoms with Crippen molar-refractivity contribution in [3.05, 3.63) is 94.1 Å². The van der Waals surface area contributed by atoms with Gasteiger partial charge in [0.25, 0.3) is 0 Å². The van der Waals surface area contributed by atoms with Crippen molar-refractivity contribution in [3.63, 3.8) is 0 Å². The predicted octanol–water partition coefficient (Wildman–Crippen LogP) is 5.92. The van der Waals surface area contributed by atoms with E-state index in [0.717, 1.165) is 48.5 Å². The molecule has 4 nitrogen and oxygen atoms in total. The lowest BCUT2D eigenvalue weighted by molar-refractivity contribution is 0.514. The summed E-state index contributed by atoms with van der Waals surface area (Å²) in [5, 5.41) is 5.03. The van der Waals surface area contributed by atoms with Gasteiger partial charge in [0, 0.05) is 30.2 Å². The van der Waals surface area contributed by atoms with E-state index in [9.17, 15) is 4.39 Å². The van der Waals surface area contributed by atoms with Crippen molar-refractivity contribution < 1.29 is 4.39 Å². The van der Waals surface area contributed by atoms with E-state index < -0.39 is 0 Å². The van der Waals surface area contributed by atoms with Gasteiger partial charge in [0.2, 0.25) is 0 Å². The number of anilines is 1. The maximum atomic E-state index is 13.9. The van der Waals surface area contributed by atoms with Crippen molar-refractivity contribution in [2.24, 2.45) is 0 Å². The van der Waals surface area contributed by atoms with Gasteiger partial charge in [-0.2, -0.15) is 0 Å². The minimum Gasteiger partial charge on any atom is -0.355 e. The normalized spacial score (nSPS) is 16.6. The molecule has 0 saturated heterocycles. The molecule has 1 unspecified atom stereocenters. The van der Waals surface area contributed by atoms with Crippen LogP contribution in [0.2, 0.25) is 0 Å². The number of nitrogens with one attached hydrogen (secondary N) is 2. The molecule has 1 atom stereocenters. The summed E-state index contributed by atoms with van der Waals surface area (Å²) in [6.45, 7) is 6.13. The van der Waals surface area contributed by atoms with E-state index in [2.05, 4.69) is 59.4 Å². The van der Waals surface area contributed by atoms with Crippen molar-refractivity contribution in [2.45, 2.75) is 58.2 Å². The molecular formula is C29H31FN4. The number of halogens is 1. The van der Waals surface area contributed by atoms with Gasteiger partial charge in [0.15, 0.2) is 5.82 Å². The fourth-order valence-electron chi connectivity index (χ4n) is 5.22. The summed E-state index contributed by atoms with van der Waals surface area (Å²) >= 11 is 0. The van der Waals surface area contributed by atoms with Crippen LogP contribution in [0.15, 0.2) is 54.6 Å². The summed E-state index contributed by atoms with van der Waals surface area (Å²) < 4.78 is 13.9. The minimum absolute atomic E-state index is 0.0455. The highest BCUT2D eigenvalue weighted by Crippen LogP contribution is 2.35. The van der Waals surface area contributed by atoms with Crippen LogP contribution in [0.5, 0.6) is 0 Å². The second kappa shape index (κ2) is 8.55. The van der Waals surface area contributed by atoms with Gasteiger partial charge in [-0.15, -0.1) is 0 Å². The van der Waals surface area contributed by atoms with Crippen LogP contribution in [-0.2, 0) is 19.4 Å². The Morgan fingerprint density at radius 1 is 1.09 bits per heavy atom. The molecule has 1 aliphatic carbocycles. The van der Waals surface area contributed by atoms with Gasteiger partial charge in [-0.1, -0.05) is 36.4 Å². The van der Waals surface area contributed by atoms with Gasteiger partial charge in [0.05, 0.1) is 17.3 Å². The molecule has 0 radical (unpaired) electrons. The van der Waals surface area contributed by atoms with Crippen molar-refractivity contribution in [1.82, 2.24) is 15.3 Å². The Labute approximate surface area is 200 Å². The average molecular weight is 455 g/mol. The first-order valence-corrected chi connectivity index (χ1v) is 12.4. The summed E-state index contributed by atoms with van der Waals surface area (Å²) in [7, 11) is 0. The third-order valence-corrected chi connectivity index (χ3v) is 7.43. The van der Waals surface area contributed by atoms with E-state index in [1.807, 2.05) is 6.07 Å². The summed E-state index contributed by atoms with van der Waals surface area (Å²) in [4.78, 5) is 11.3.